The van der Waals surface area contributed by atoms with E-state index in [1.807, 2.05) is 0 Å². The Morgan fingerprint density at radius 2 is 1.58 bits per heavy atom. The van der Waals surface area contributed by atoms with Crippen molar-refractivity contribution in [1.29, 1.82) is 0 Å². The zero-order chi connectivity index (χ0) is 19.1. The van der Waals surface area contributed by atoms with E-state index >= 15 is 0 Å². The van der Waals surface area contributed by atoms with Crippen LogP contribution in [-0.2, 0) is 21.2 Å². The lowest BCUT2D eigenvalue weighted by molar-refractivity contribution is -0.214. The summed E-state index contributed by atoms with van der Waals surface area (Å²) in [5, 5.41) is 0. The zero-order valence-corrected chi connectivity index (χ0v) is 14.6. The van der Waals surface area contributed by atoms with Crippen LogP contribution in [0.2, 0.25) is 0 Å². The van der Waals surface area contributed by atoms with E-state index in [-0.39, 0.29) is 15.6 Å². The molecule has 1 fully saturated rings. The van der Waals surface area contributed by atoms with Gasteiger partial charge in [-0.15, -0.1) is 0 Å². The third-order valence-corrected chi connectivity index (χ3v) is 6.17. The molecule has 2 atom stereocenters. The Bertz CT molecular complexity index is 909. The first-order valence-corrected chi connectivity index (χ1v) is 9.32. The Morgan fingerprint density at radius 1 is 1.00 bits per heavy atom. The highest BCUT2D eigenvalue weighted by Gasteiger charge is 2.64. The first-order chi connectivity index (χ1) is 12.1. The van der Waals surface area contributed by atoms with E-state index in [9.17, 15) is 26.4 Å². The fraction of sp³-hybridized carbons (Fsp3) is 0.278. The van der Waals surface area contributed by atoms with Gasteiger partial charge in [-0.2, -0.15) is 13.2 Å². The molecule has 2 aromatic rings. The molecule has 0 bridgehead atoms. The molecular weight excluding hydrogens is 367 g/mol. The van der Waals surface area contributed by atoms with Crippen LogP contribution in [0.15, 0.2) is 59.5 Å². The van der Waals surface area contributed by atoms with Gasteiger partial charge in [-0.1, -0.05) is 48.0 Å². The van der Waals surface area contributed by atoms with E-state index in [2.05, 4.69) is 0 Å². The summed E-state index contributed by atoms with van der Waals surface area (Å²) in [6.07, 6.45) is -5.01. The number of halogens is 3. The molecule has 26 heavy (non-hydrogen) atoms. The van der Waals surface area contributed by atoms with Crippen molar-refractivity contribution in [2.24, 2.45) is 5.92 Å². The number of hydrogen-bond acceptors (Lipinski definition) is 3. The molecule has 0 unspecified atom stereocenters. The second-order valence-electron chi connectivity index (χ2n) is 6.23. The van der Waals surface area contributed by atoms with E-state index in [0.717, 1.165) is 5.56 Å². The molecule has 8 heteroatoms. The van der Waals surface area contributed by atoms with Crippen LogP contribution < -0.4 is 0 Å². The smallest absolute Gasteiger partial charge is 0.273 e. The molecule has 1 amide bonds. The topological polar surface area (TPSA) is 54.5 Å². The minimum atomic E-state index is -4.84. The first-order valence-electron chi connectivity index (χ1n) is 7.88. The highest BCUT2D eigenvalue weighted by Crippen LogP contribution is 2.43. The summed E-state index contributed by atoms with van der Waals surface area (Å²) in [6, 6.07) is 11.2. The van der Waals surface area contributed by atoms with Crippen molar-refractivity contribution >= 4 is 15.9 Å². The van der Waals surface area contributed by atoms with Crippen molar-refractivity contribution in [3.63, 3.8) is 0 Å². The van der Waals surface area contributed by atoms with Crippen LogP contribution in [0.3, 0.4) is 0 Å². The lowest BCUT2D eigenvalue weighted by Gasteiger charge is -2.46. The van der Waals surface area contributed by atoms with Gasteiger partial charge >= 0.3 is 6.18 Å². The van der Waals surface area contributed by atoms with Crippen LogP contribution in [0.4, 0.5) is 13.2 Å². The van der Waals surface area contributed by atoms with Crippen molar-refractivity contribution in [2.45, 2.75) is 30.5 Å². The van der Waals surface area contributed by atoms with Gasteiger partial charge in [0.2, 0.25) is 5.91 Å². The number of nitrogens with zero attached hydrogens (tertiary/aromatic N) is 1. The van der Waals surface area contributed by atoms with Crippen LogP contribution in [0, 0.1) is 12.8 Å². The standard InChI is InChI=1S/C18H16F3NO3S/c1-12-7-9-14(10-8-12)26(24,25)22-16(18(19,20)21)15(17(22)23)11-13-5-3-2-4-6-13/h2-10,15-16H,11H2,1H3/t15-,16+/m1/s1. The van der Waals surface area contributed by atoms with Crippen LogP contribution >= 0.6 is 0 Å². The van der Waals surface area contributed by atoms with Gasteiger partial charge < -0.3 is 0 Å². The van der Waals surface area contributed by atoms with Crippen molar-refractivity contribution < 1.29 is 26.4 Å². The van der Waals surface area contributed by atoms with Gasteiger partial charge in [0.05, 0.1) is 10.8 Å². The molecule has 1 heterocycles. The monoisotopic (exact) mass is 383 g/mol. The number of sulfonamides is 1. The molecule has 4 nitrogen and oxygen atoms in total. The molecular formula is C18H16F3NO3S. The first kappa shape index (κ1) is 18.4. The number of amides is 1. The molecule has 0 radical (unpaired) electrons. The fourth-order valence-electron chi connectivity index (χ4n) is 3.04. The van der Waals surface area contributed by atoms with Crippen LogP contribution in [0.5, 0.6) is 0 Å². The van der Waals surface area contributed by atoms with Crippen molar-refractivity contribution in [3.8, 4) is 0 Å². The number of aryl methyl sites for hydroxylation is 1. The molecule has 0 saturated carbocycles. The predicted octanol–water partition coefficient (Wildman–Crippen LogP) is 3.32. The molecule has 3 rings (SSSR count). The molecule has 0 spiro atoms. The van der Waals surface area contributed by atoms with Crippen molar-refractivity contribution in [1.82, 2.24) is 4.31 Å². The van der Waals surface area contributed by atoms with E-state index < -0.39 is 34.1 Å². The van der Waals surface area contributed by atoms with Gasteiger partial charge in [0, 0.05) is 0 Å². The Hall–Kier alpha value is -2.35. The zero-order valence-electron chi connectivity index (χ0n) is 13.8. The van der Waals surface area contributed by atoms with E-state index in [1.165, 1.54) is 24.3 Å². The summed E-state index contributed by atoms with van der Waals surface area (Å²) in [6.45, 7) is 1.72. The summed E-state index contributed by atoms with van der Waals surface area (Å²) in [4.78, 5) is 12.0. The van der Waals surface area contributed by atoms with Gasteiger partial charge in [0.15, 0.2) is 6.04 Å². The SMILES string of the molecule is Cc1ccc(S(=O)(=O)N2C(=O)[C@H](Cc3ccccc3)[C@H]2C(F)(F)F)cc1. The summed E-state index contributed by atoms with van der Waals surface area (Å²) in [7, 11) is -4.56. The molecule has 0 aliphatic carbocycles. The quantitative estimate of drug-likeness (QED) is 0.761. The Labute approximate surface area is 149 Å². The minimum absolute atomic E-state index is 0.0225. The summed E-state index contributed by atoms with van der Waals surface area (Å²) < 4.78 is 65.8. The average Bonchev–Trinajstić information content (AvgIpc) is 2.57. The number of carbonyl (C=O) groups is 1. The van der Waals surface area contributed by atoms with Crippen molar-refractivity contribution in [2.75, 3.05) is 0 Å². The second kappa shape index (κ2) is 6.42. The summed E-state index contributed by atoms with van der Waals surface area (Å²) in [5.74, 6) is -2.48. The lowest BCUT2D eigenvalue weighted by Crippen LogP contribution is -2.68. The summed E-state index contributed by atoms with van der Waals surface area (Å²) >= 11 is 0. The molecule has 138 valence electrons. The molecule has 1 aliphatic heterocycles. The molecule has 2 aromatic carbocycles. The van der Waals surface area contributed by atoms with Gasteiger partial charge in [0.1, 0.15) is 0 Å². The number of alkyl halides is 3. The number of benzene rings is 2. The third-order valence-electron chi connectivity index (χ3n) is 4.38. The lowest BCUT2D eigenvalue weighted by atomic mass is 9.84. The summed E-state index contributed by atoms with van der Waals surface area (Å²) in [5.41, 5.74) is 1.31. The highest BCUT2D eigenvalue weighted by atomic mass is 32.2. The predicted molar refractivity (Wildman–Crippen MR) is 88.7 cm³/mol. The fourth-order valence-corrected chi connectivity index (χ4v) is 4.68. The largest absolute Gasteiger partial charge is 0.410 e. The number of carbonyl (C=O) groups excluding carboxylic acids is 1. The van der Waals surface area contributed by atoms with E-state index in [1.54, 1.807) is 37.3 Å². The van der Waals surface area contributed by atoms with E-state index in [0.29, 0.717) is 5.56 Å². The maximum absolute atomic E-state index is 13.5. The number of rotatable bonds is 4. The van der Waals surface area contributed by atoms with Gasteiger partial charge in [0.25, 0.3) is 10.0 Å². The van der Waals surface area contributed by atoms with Gasteiger partial charge in [-0.05, 0) is 31.0 Å². The normalized spacial score (nSPS) is 20.8. The molecule has 0 N–H and O–H groups in total. The average molecular weight is 383 g/mol. The second-order valence-corrected chi connectivity index (χ2v) is 8.05. The third kappa shape index (κ3) is 3.21. The van der Waals surface area contributed by atoms with Crippen LogP contribution in [0.1, 0.15) is 11.1 Å². The maximum Gasteiger partial charge on any atom is 0.410 e. The van der Waals surface area contributed by atoms with Crippen LogP contribution in [0.25, 0.3) is 0 Å². The Kier molecular flexibility index (Phi) is 4.56. The number of β-lactam (4-membered cyclic amide) rings is 1. The highest BCUT2D eigenvalue weighted by molar-refractivity contribution is 7.89. The maximum atomic E-state index is 13.5. The Balaban J connectivity index is 1.94. The van der Waals surface area contributed by atoms with Gasteiger partial charge in [-0.25, -0.2) is 12.7 Å². The van der Waals surface area contributed by atoms with Crippen molar-refractivity contribution in [3.05, 3.63) is 65.7 Å². The Morgan fingerprint density at radius 3 is 2.12 bits per heavy atom. The van der Waals surface area contributed by atoms with Gasteiger partial charge in [-0.3, -0.25) is 4.79 Å². The van der Waals surface area contributed by atoms with E-state index in [4.69, 9.17) is 0 Å². The minimum Gasteiger partial charge on any atom is -0.273 e. The van der Waals surface area contributed by atoms with Crippen LogP contribution in [-0.4, -0.2) is 30.8 Å². The molecule has 1 aliphatic rings. The molecule has 1 saturated heterocycles. The number of hydrogen-bond donors (Lipinski definition) is 0. The molecule has 0 aromatic heterocycles.